The maximum Gasteiger partial charge on any atom is 0.257 e. The fraction of sp³-hybridized carbons (Fsp3) is 0.471. The summed E-state index contributed by atoms with van der Waals surface area (Å²) in [6.07, 6.45) is 2.00. The molecule has 0 spiro atoms. The van der Waals surface area contributed by atoms with Gasteiger partial charge in [-0.15, -0.1) is 11.8 Å². The molecule has 2 heterocycles. The predicted octanol–water partition coefficient (Wildman–Crippen LogP) is 1.65. The van der Waals surface area contributed by atoms with E-state index in [0.29, 0.717) is 0 Å². The van der Waals surface area contributed by atoms with Crippen LogP contribution in [0, 0.1) is 0 Å². The van der Waals surface area contributed by atoms with E-state index in [-0.39, 0.29) is 5.91 Å². The predicted molar refractivity (Wildman–Crippen MR) is 96.1 cm³/mol. The number of hydrogen-bond acceptors (Lipinski definition) is 5. The first-order chi connectivity index (χ1) is 11.2. The summed E-state index contributed by atoms with van der Waals surface area (Å²) in [5.41, 5.74) is 2.22. The number of thioether (sulfide) groups is 1. The van der Waals surface area contributed by atoms with Crippen LogP contribution < -0.4 is 15.0 Å². The van der Waals surface area contributed by atoms with Crippen LogP contribution in [0.2, 0.25) is 0 Å². The van der Waals surface area contributed by atoms with Crippen molar-refractivity contribution in [3.63, 3.8) is 0 Å². The minimum atomic E-state index is 0.0217. The molecule has 0 aromatic heterocycles. The molecule has 1 amide bonds. The van der Waals surface area contributed by atoms with Gasteiger partial charge in [0.15, 0.2) is 0 Å². The van der Waals surface area contributed by atoms with E-state index in [4.69, 9.17) is 4.74 Å². The Hall–Kier alpha value is -1.66. The number of anilines is 1. The third-order valence-corrected chi connectivity index (χ3v) is 5.26. The van der Waals surface area contributed by atoms with E-state index < -0.39 is 0 Å². The third-order valence-electron chi connectivity index (χ3n) is 4.23. The van der Waals surface area contributed by atoms with Gasteiger partial charge in [-0.25, -0.2) is 0 Å². The molecule has 2 fully saturated rings. The topological polar surface area (TPSA) is 44.8 Å². The number of amides is 1. The van der Waals surface area contributed by atoms with Crippen molar-refractivity contribution in [3.05, 3.63) is 28.7 Å². The standard InChI is InChI=1S/C17H23N3O2S/c1-19-6-8-20(9-7-19)15-4-3-14(22-2)11-13(15)12-16-17(21)18-5-10-23-16/h3-4,11-12H,5-10H2,1-2H3,(H,18,21)/b16-12-. The number of ether oxygens (including phenoxy) is 1. The Balaban J connectivity index is 1.93. The van der Waals surface area contributed by atoms with Crippen LogP contribution in [0.1, 0.15) is 5.56 Å². The maximum absolute atomic E-state index is 12.0. The second-order valence-corrected chi connectivity index (χ2v) is 6.96. The molecule has 0 saturated carbocycles. The summed E-state index contributed by atoms with van der Waals surface area (Å²) >= 11 is 1.62. The number of likely N-dealkylation sites (N-methyl/N-ethyl adjacent to an activating group) is 1. The minimum absolute atomic E-state index is 0.0217. The number of methoxy groups -OCH3 is 1. The fourth-order valence-electron chi connectivity index (χ4n) is 2.84. The van der Waals surface area contributed by atoms with Gasteiger partial charge in [-0.1, -0.05) is 0 Å². The second-order valence-electron chi connectivity index (χ2n) is 5.83. The van der Waals surface area contributed by atoms with Crippen molar-refractivity contribution in [2.24, 2.45) is 0 Å². The smallest absolute Gasteiger partial charge is 0.257 e. The molecule has 23 heavy (non-hydrogen) atoms. The van der Waals surface area contributed by atoms with Gasteiger partial charge in [0.1, 0.15) is 5.75 Å². The van der Waals surface area contributed by atoms with Crippen LogP contribution in [0.15, 0.2) is 23.1 Å². The van der Waals surface area contributed by atoms with Gasteiger partial charge < -0.3 is 19.9 Å². The lowest BCUT2D eigenvalue weighted by Gasteiger charge is -2.35. The Kier molecular flexibility index (Phi) is 5.13. The first-order valence-corrected chi connectivity index (χ1v) is 8.90. The van der Waals surface area contributed by atoms with Gasteiger partial charge in [-0.2, -0.15) is 0 Å². The normalized spacial score (nSPS) is 21.4. The summed E-state index contributed by atoms with van der Waals surface area (Å²) < 4.78 is 5.37. The first kappa shape index (κ1) is 16.2. The molecular formula is C17H23N3O2S. The number of piperazine rings is 1. The molecule has 5 nitrogen and oxygen atoms in total. The number of carbonyl (C=O) groups excluding carboxylic acids is 1. The summed E-state index contributed by atoms with van der Waals surface area (Å²) in [5.74, 6) is 1.76. The van der Waals surface area contributed by atoms with Crippen LogP contribution in [-0.4, -0.2) is 63.4 Å². The summed E-state index contributed by atoms with van der Waals surface area (Å²) in [6.45, 7) is 4.84. The summed E-state index contributed by atoms with van der Waals surface area (Å²) in [7, 11) is 3.82. The molecule has 0 aliphatic carbocycles. The van der Waals surface area contributed by atoms with Crippen molar-refractivity contribution in [1.29, 1.82) is 0 Å². The zero-order valence-corrected chi connectivity index (χ0v) is 14.5. The highest BCUT2D eigenvalue weighted by atomic mass is 32.2. The molecule has 1 N–H and O–H groups in total. The van der Waals surface area contributed by atoms with Gasteiger partial charge in [0.05, 0.1) is 12.0 Å². The molecule has 6 heteroatoms. The van der Waals surface area contributed by atoms with Crippen LogP contribution >= 0.6 is 11.8 Å². The lowest BCUT2D eigenvalue weighted by molar-refractivity contribution is -0.116. The maximum atomic E-state index is 12.0. The van der Waals surface area contributed by atoms with Crippen molar-refractivity contribution < 1.29 is 9.53 Å². The molecule has 1 aromatic rings. The van der Waals surface area contributed by atoms with E-state index >= 15 is 0 Å². The lowest BCUT2D eigenvalue weighted by Crippen LogP contribution is -2.44. The second kappa shape index (κ2) is 7.27. The Morgan fingerprint density at radius 2 is 2.04 bits per heavy atom. The third kappa shape index (κ3) is 3.82. The largest absolute Gasteiger partial charge is 0.497 e. The molecule has 2 aliphatic rings. The SMILES string of the molecule is COc1ccc(N2CCN(C)CC2)c(/C=C2\SCCNC2=O)c1. The highest BCUT2D eigenvalue weighted by Crippen LogP contribution is 2.31. The van der Waals surface area contributed by atoms with Gasteiger partial charge in [0.25, 0.3) is 5.91 Å². The Morgan fingerprint density at radius 3 is 2.74 bits per heavy atom. The highest BCUT2D eigenvalue weighted by Gasteiger charge is 2.19. The van der Waals surface area contributed by atoms with E-state index in [0.717, 1.165) is 54.7 Å². The Bertz CT molecular complexity index is 610. The molecule has 1 aromatic carbocycles. The van der Waals surface area contributed by atoms with Crippen molar-refractivity contribution in [3.8, 4) is 5.75 Å². The molecule has 3 rings (SSSR count). The summed E-state index contributed by atoms with van der Waals surface area (Å²) in [5, 5.41) is 2.91. The van der Waals surface area contributed by atoms with Gasteiger partial charge in [0, 0.05) is 49.7 Å². The number of rotatable bonds is 3. The van der Waals surface area contributed by atoms with E-state index in [9.17, 15) is 4.79 Å². The quantitative estimate of drug-likeness (QED) is 0.852. The molecule has 2 saturated heterocycles. The van der Waals surface area contributed by atoms with Crippen molar-refractivity contribution in [1.82, 2.24) is 10.2 Å². The molecular weight excluding hydrogens is 310 g/mol. The molecule has 0 unspecified atom stereocenters. The van der Waals surface area contributed by atoms with Gasteiger partial charge >= 0.3 is 0 Å². The number of nitrogens with one attached hydrogen (secondary N) is 1. The van der Waals surface area contributed by atoms with E-state index in [1.165, 1.54) is 5.69 Å². The number of hydrogen-bond donors (Lipinski definition) is 1. The van der Waals surface area contributed by atoms with Crippen LogP contribution in [0.25, 0.3) is 6.08 Å². The van der Waals surface area contributed by atoms with Crippen LogP contribution in [0.4, 0.5) is 5.69 Å². The molecule has 0 atom stereocenters. The summed E-state index contributed by atoms with van der Waals surface area (Å²) in [6, 6.07) is 6.11. The van der Waals surface area contributed by atoms with E-state index in [1.807, 2.05) is 18.2 Å². The van der Waals surface area contributed by atoms with Gasteiger partial charge in [-0.3, -0.25) is 4.79 Å². The highest BCUT2D eigenvalue weighted by molar-refractivity contribution is 8.04. The van der Waals surface area contributed by atoms with Crippen LogP contribution in [-0.2, 0) is 4.79 Å². The molecule has 124 valence electrons. The van der Waals surface area contributed by atoms with E-state index in [1.54, 1.807) is 18.9 Å². The molecule has 0 bridgehead atoms. The fourth-order valence-corrected chi connectivity index (χ4v) is 3.67. The van der Waals surface area contributed by atoms with E-state index in [2.05, 4.69) is 28.2 Å². The van der Waals surface area contributed by atoms with Crippen LogP contribution in [0.5, 0.6) is 5.75 Å². The van der Waals surface area contributed by atoms with Crippen LogP contribution in [0.3, 0.4) is 0 Å². The molecule has 0 radical (unpaired) electrons. The lowest BCUT2D eigenvalue weighted by atomic mass is 10.1. The number of carbonyl (C=O) groups is 1. The van der Waals surface area contributed by atoms with Crippen molar-refractivity contribution >= 4 is 29.4 Å². The molecule has 2 aliphatic heterocycles. The minimum Gasteiger partial charge on any atom is -0.497 e. The zero-order valence-electron chi connectivity index (χ0n) is 13.7. The average Bonchev–Trinajstić information content (AvgIpc) is 2.58. The first-order valence-electron chi connectivity index (χ1n) is 7.91. The Labute approximate surface area is 141 Å². The monoisotopic (exact) mass is 333 g/mol. The van der Waals surface area contributed by atoms with Crippen molar-refractivity contribution in [2.45, 2.75) is 0 Å². The average molecular weight is 333 g/mol. The zero-order chi connectivity index (χ0) is 16.2. The number of benzene rings is 1. The number of nitrogens with zero attached hydrogens (tertiary/aromatic N) is 2. The van der Waals surface area contributed by atoms with Crippen molar-refractivity contribution in [2.75, 3.05) is 57.5 Å². The Morgan fingerprint density at radius 1 is 1.26 bits per heavy atom. The van der Waals surface area contributed by atoms with Gasteiger partial charge in [0.2, 0.25) is 0 Å². The van der Waals surface area contributed by atoms with Gasteiger partial charge in [-0.05, 0) is 31.3 Å². The summed E-state index contributed by atoms with van der Waals surface area (Å²) in [4.78, 5) is 17.5.